The van der Waals surface area contributed by atoms with E-state index in [0.717, 1.165) is 10.9 Å². The van der Waals surface area contributed by atoms with E-state index < -0.39 is 5.97 Å². The third kappa shape index (κ3) is 2.44. The molecule has 0 saturated carbocycles. The minimum atomic E-state index is -0.952. The van der Waals surface area contributed by atoms with Gasteiger partial charge in [-0.2, -0.15) is 0 Å². The fourth-order valence-corrected chi connectivity index (χ4v) is 1.91. The van der Waals surface area contributed by atoms with E-state index in [-0.39, 0.29) is 5.56 Å². The molecule has 2 aromatic carbocycles. The van der Waals surface area contributed by atoms with Gasteiger partial charge in [-0.15, -0.1) is 0 Å². The number of carboxylic acid groups (broad SMARTS) is 1. The molecule has 0 amide bonds. The largest absolute Gasteiger partial charge is 0.478 e. The lowest BCUT2D eigenvalue weighted by molar-refractivity contribution is 0.0697. The van der Waals surface area contributed by atoms with Gasteiger partial charge in [-0.05, 0) is 42.5 Å². The Morgan fingerprint density at radius 2 is 1.75 bits per heavy atom. The number of aromatic carboxylic acids is 1. The molecular weight excluding hydrogens is 254 g/mol. The number of aromatic nitrogens is 1. The molecular formula is C16H11NO3. The standard InChI is InChI=1S/C16H11NO3/c18-16(19)12-4-6-13(7-5-12)20-14-8-3-11-2-1-9-17-15(11)10-14/h1-10H,(H,18,19). The molecule has 4 nitrogen and oxygen atoms in total. The van der Waals surface area contributed by atoms with Crippen molar-refractivity contribution in [2.24, 2.45) is 0 Å². The summed E-state index contributed by atoms with van der Waals surface area (Å²) in [7, 11) is 0. The average Bonchev–Trinajstić information content (AvgIpc) is 2.48. The Kier molecular flexibility index (Phi) is 3.05. The van der Waals surface area contributed by atoms with Gasteiger partial charge in [-0.25, -0.2) is 4.79 Å². The van der Waals surface area contributed by atoms with E-state index in [1.54, 1.807) is 18.3 Å². The Morgan fingerprint density at radius 1 is 1.00 bits per heavy atom. The van der Waals surface area contributed by atoms with Gasteiger partial charge >= 0.3 is 5.97 Å². The number of carbonyl (C=O) groups is 1. The Balaban J connectivity index is 1.87. The zero-order valence-corrected chi connectivity index (χ0v) is 10.5. The quantitative estimate of drug-likeness (QED) is 0.784. The van der Waals surface area contributed by atoms with Gasteiger partial charge in [0.25, 0.3) is 0 Å². The Labute approximate surface area is 115 Å². The van der Waals surface area contributed by atoms with Crippen molar-refractivity contribution >= 4 is 16.9 Å². The maximum absolute atomic E-state index is 10.8. The molecule has 98 valence electrons. The summed E-state index contributed by atoms with van der Waals surface area (Å²) < 4.78 is 5.69. The van der Waals surface area contributed by atoms with E-state index in [1.165, 1.54) is 12.1 Å². The smallest absolute Gasteiger partial charge is 0.335 e. The van der Waals surface area contributed by atoms with Crippen LogP contribution in [0.1, 0.15) is 10.4 Å². The summed E-state index contributed by atoms with van der Waals surface area (Å²) in [6.45, 7) is 0. The van der Waals surface area contributed by atoms with Crippen LogP contribution in [0.2, 0.25) is 0 Å². The maximum atomic E-state index is 10.8. The van der Waals surface area contributed by atoms with Crippen LogP contribution in [0, 0.1) is 0 Å². The van der Waals surface area contributed by atoms with E-state index in [0.29, 0.717) is 11.5 Å². The predicted molar refractivity (Wildman–Crippen MR) is 75.2 cm³/mol. The van der Waals surface area contributed by atoms with Crippen LogP contribution in [0.4, 0.5) is 0 Å². The number of fused-ring (bicyclic) bond motifs is 1. The lowest BCUT2D eigenvalue weighted by atomic mass is 10.2. The molecule has 0 bridgehead atoms. The van der Waals surface area contributed by atoms with Gasteiger partial charge in [-0.3, -0.25) is 4.98 Å². The maximum Gasteiger partial charge on any atom is 0.335 e. The highest BCUT2D eigenvalue weighted by molar-refractivity contribution is 5.87. The Morgan fingerprint density at radius 3 is 2.50 bits per heavy atom. The first-order valence-electron chi connectivity index (χ1n) is 6.08. The SMILES string of the molecule is O=C(O)c1ccc(Oc2ccc3cccnc3c2)cc1. The normalized spacial score (nSPS) is 10.4. The van der Waals surface area contributed by atoms with Crippen LogP contribution in [0.3, 0.4) is 0 Å². The summed E-state index contributed by atoms with van der Waals surface area (Å²) in [6, 6.07) is 15.8. The van der Waals surface area contributed by atoms with Gasteiger partial charge in [-0.1, -0.05) is 6.07 Å². The van der Waals surface area contributed by atoms with Crippen molar-refractivity contribution < 1.29 is 14.6 Å². The van der Waals surface area contributed by atoms with Crippen LogP contribution in [0.25, 0.3) is 10.9 Å². The lowest BCUT2D eigenvalue weighted by Gasteiger charge is -2.06. The van der Waals surface area contributed by atoms with Crippen LogP contribution in [-0.2, 0) is 0 Å². The number of ether oxygens (including phenoxy) is 1. The first-order chi connectivity index (χ1) is 9.72. The van der Waals surface area contributed by atoms with Crippen LogP contribution in [0.15, 0.2) is 60.8 Å². The molecule has 0 saturated heterocycles. The molecule has 1 N–H and O–H groups in total. The summed E-state index contributed by atoms with van der Waals surface area (Å²) in [6.07, 6.45) is 1.73. The summed E-state index contributed by atoms with van der Waals surface area (Å²) in [5, 5.41) is 9.88. The fraction of sp³-hybridized carbons (Fsp3) is 0. The number of benzene rings is 2. The summed E-state index contributed by atoms with van der Waals surface area (Å²) in [5.41, 5.74) is 1.09. The molecule has 1 aromatic heterocycles. The second-order valence-electron chi connectivity index (χ2n) is 4.29. The van der Waals surface area contributed by atoms with Crippen molar-refractivity contribution in [1.29, 1.82) is 0 Å². The van der Waals surface area contributed by atoms with Crippen molar-refractivity contribution in [3.8, 4) is 11.5 Å². The topological polar surface area (TPSA) is 59.4 Å². The third-order valence-electron chi connectivity index (χ3n) is 2.91. The highest BCUT2D eigenvalue weighted by Crippen LogP contribution is 2.24. The van der Waals surface area contributed by atoms with Gasteiger partial charge in [0.15, 0.2) is 0 Å². The van der Waals surface area contributed by atoms with E-state index in [2.05, 4.69) is 4.98 Å². The molecule has 0 atom stereocenters. The van der Waals surface area contributed by atoms with Crippen molar-refractivity contribution in [3.63, 3.8) is 0 Å². The van der Waals surface area contributed by atoms with E-state index in [9.17, 15) is 4.79 Å². The summed E-state index contributed by atoms with van der Waals surface area (Å²) in [5.74, 6) is 0.302. The van der Waals surface area contributed by atoms with Gasteiger partial charge in [0.05, 0.1) is 11.1 Å². The number of rotatable bonds is 3. The Hall–Kier alpha value is -2.88. The van der Waals surface area contributed by atoms with Crippen molar-refractivity contribution in [1.82, 2.24) is 4.98 Å². The number of pyridine rings is 1. The first kappa shape index (κ1) is 12.2. The van der Waals surface area contributed by atoms with E-state index in [1.807, 2.05) is 30.3 Å². The third-order valence-corrected chi connectivity index (χ3v) is 2.91. The number of hydrogen-bond acceptors (Lipinski definition) is 3. The monoisotopic (exact) mass is 265 g/mol. The molecule has 20 heavy (non-hydrogen) atoms. The molecule has 0 aliphatic rings. The highest BCUT2D eigenvalue weighted by atomic mass is 16.5. The highest BCUT2D eigenvalue weighted by Gasteiger charge is 2.03. The molecule has 3 rings (SSSR count). The van der Waals surface area contributed by atoms with E-state index in [4.69, 9.17) is 9.84 Å². The van der Waals surface area contributed by atoms with Gasteiger partial charge < -0.3 is 9.84 Å². The molecule has 0 aliphatic heterocycles. The van der Waals surface area contributed by atoms with Crippen LogP contribution in [0.5, 0.6) is 11.5 Å². The second-order valence-corrected chi connectivity index (χ2v) is 4.29. The zero-order chi connectivity index (χ0) is 13.9. The number of nitrogens with zero attached hydrogens (tertiary/aromatic N) is 1. The number of hydrogen-bond donors (Lipinski definition) is 1. The lowest BCUT2D eigenvalue weighted by Crippen LogP contribution is -1.95. The first-order valence-corrected chi connectivity index (χ1v) is 6.08. The molecule has 3 aromatic rings. The van der Waals surface area contributed by atoms with Gasteiger partial charge in [0, 0.05) is 17.6 Å². The zero-order valence-electron chi connectivity index (χ0n) is 10.5. The summed E-state index contributed by atoms with van der Waals surface area (Å²) in [4.78, 5) is 15.0. The molecule has 0 aliphatic carbocycles. The Bertz CT molecular complexity index is 766. The van der Waals surface area contributed by atoms with Crippen molar-refractivity contribution in [2.75, 3.05) is 0 Å². The van der Waals surface area contributed by atoms with E-state index >= 15 is 0 Å². The molecule has 0 spiro atoms. The molecule has 4 heteroatoms. The van der Waals surface area contributed by atoms with Gasteiger partial charge in [0.2, 0.25) is 0 Å². The molecule has 0 unspecified atom stereocenters. The number of carboxylic acids is 1. The fourth-order valence-electron chi connectivity index (χ4n) is 1.91. The predicted octanol–water partition coefficient (Wildman–Crippen LogP) is 3.73. The second kappa shape index (κ2) is 5.01. The van der Waals surface area contributed by atoms with Crippen LogP contribution in [-0.4, -0.2) is 16.1 Å². The van der Waals surface area contributed by atoms with Crippen molar-refractivity contribution in [3.05, 3.63) is 66.4 Å². The molecule has 1 heterocycles. The van der Waals surface area contributed by atoms with Crippen LogP contribution >= 0.6 is 0 Å². The van der Waals surface area contributed by atoms with Crippen molar-refractivity contribution in [2.45, 2.75) is 0 Å². The summed E-state index contributed by atoms with van der Waals surface area (Å²) >= 11 is 0. The minimum absolute atomic E-state index is 0.234. The average molecular weight is 265 g/mol. The van der Waals surface area contributed by atoms with Gasteiger partial charge in [0.1, 0.15) is 11.5 Å². The molecule has 0 fully saturated rings. The molecule has 0 radical (unpaired) electrons. The minimum Gasteiger partial charge on any atom is -0.478 e. The van der Waals surface area contributed by atoms with Crippen LogP contribution < -0.4 is 4.74 Å².